The Kier molecular flexibility index (Phi) is 15.5. The van der Waals surface area contributed by atoms with Gasteiger partial charge in [-0.3, -0.25) is 19.8 Å². The molecule has 48 heavy (non-hydrogen) atoms. The fourth-order valence-electron chi connectivity index (χ4n) is 5.13. The summed E-state index contributed by atoms with van der Waals surface area (Å²) in [6.07, 6.45) is 0.397. The minimum Gasteiger partial charge on any atom is -0.453 e. The van der Waals surface area contributed by atoms with Gasteiger partial charge in [0.2, 0.25) is 5.91 Å². The van der Waals surface area contributed by atoms with E-state index in [1.54, 1.807) is 5.01 Å². The highest BCUT2D eigenvalue weighted by Gasteiger charge is 2.41. The third kappa shape index (κ3) is 13.2. The zero-order valence-electron chi connectivity index (χ0n) is 29.6. The van der Waals surface area contributed by atoms with Gasteiger partial charge in [-0.25, -0.2) is 9.80 Å². The van der Waals surface area contributed by atoms with E-state index >= 15 is 0 Å². The molecule has 0 aliphatic carbocycles. The SMILES string of the molecule is CCCNC(=O)[C@@H](NC(=O)[C@@](O)(CCCN(Cc1ccc(Br)cc1)NC(=O)[C@@H](NC(=O)OC)C(C)(C)C)Cc1ccccc1)C(C)(C)C. The largest absolute Gasteiger partial charge is 0.453 e. The average molecular weight is 733 g/mol. The smallest absolute Gasteiger partial charge is 0.407 e. The minimum absolute atomic E-state index is 0.0291. The number of ether oxygens (including phenoxy) is 1. The molecule has 0 saturated heterocycles. The zero-order valence-corrected chi connectivity index (χ0v) is 31.2. The number of nitrogens with one attached hydrogen (secondary N) is 4. The number of aliphatic hydroxyl groups is 1. The summed E-state index contributed by atoms with van der Waals surface area (Å²) in [4.78, 5) is 52.7. The van der Waals surface area contributed by atoms with Gasteiger partial charge >= 0.3 is 6.09 Å². The van der Waals surface area contributed by atoms with Crippen LogP contribution < -0.4 is 21.4 Å². The maximum atomic E-state index is 13.9. The third-order valence-electron chi connectivity index (χ3n) is 7.86. The van der Waals surface area contributed by atoms with E-state index in [-0.39, 0.29) is 25.3 Å². The summed E-state index contributed by atoms with van der Waals surface area (Å²) in [5.41, 5.74) is 1.51. The summed E-state index contributed by atoms with van der Waals surface area (Å²) in [7, 11) is 1.24. The zero-order chi connectivity index (χ0) is 36.1. The van der Waals surface area contributed by atoms with E-state index < -0.39 is 46.4 Å². The number of hydrogen-bond donors (Lipinski definition) is 5. The van der Waals surface area contributed by atoms with Crippen LogP contribution in [0.3, 0.4) is 0 Å². The van der Waals surface area contributed by atoms with Crippen LogP contribution in [0.2, 0.25) is 0 Å². The number of hydrazine groups is 1. The van der Waals surface area contributed by atoms with Gasteiger partial charge in [0, 0.05) is 30.5 Å². The Balaban J connectivity index is 2.36. The van der Waals surface area contributed by atoms with Crippen molar-refractivity contribution in [2.45, 2.75) is 98.4 Å². The molecule has 12 heteroatoms. The van der Waals surface area contributed by atoms with E-state index in [0.29, 0.717) is 19.5 Å². The fraction of sp³-hybridized carbons (Fsp3) is 0.556. The van der Waals surface area contributed by atoms with Crippen LogP contribution in [0.4, 0.5) is 4.79 Å². The van der Waals surface area contributed by atoms with Crippen molar-refractivity contribution in [3.63, 3.8) is 0 Å². The molecule has 0 fully saturated rings. The molecule has 0 spiro atoms. The fourth-order valence-corrected chi connectivity index (χ4v) is 5.39. The molecule has 0 unspecified atom stereocenters. The van der Waals surface area contributed by atoms with Crippen molar-refractivity contribution in [2.24, 2.45) is 10.8 Å². The first-order valence-electron chi connectivity index (χ1n) is 16.4. The molecule has 2 aromatic rings. The summed E-state index contributed by atoms with van der Waals surface area (Å²) >= 11 is 3.45. The van der Waals surface area contributed by atoms with E-state index in [1.165, 1.54) is 7.11 Å². The molecule has 2 aromatic carbocycles. The summed E-state index contributed by atoms with van der Waals surface area (Å²) in [6.45, 7) is 14.1. The highest BCUT2D eigenvalue weighted by Crippen LogP contribution is 2.25. The lowest BCUT2D eigenvalue weighted by Gasteiger charge is -2.35. The minimum atomic E-state index is -1.86. The molecule has 0 heterocycles. The maximum Gasteiger partial charge on any atom is 0.407 e. The first-order chi connectivity index (χ1) is 22.4. The number of amides is 4. The lowest BCUT2D eigenvalue weighted by molar-refractivity contribution is -0.145. The normalized spacial score (nSPS) is 14.3. The number of rotatable bonds is 16. The highest BCUT2D eigenvalue weighted by atomic mass is 79.9. The Morgan fingerprint density at radius 1 is 0.854 bits per heavy atom. The van der Waals surface area contributed by atoms with Crippen molar-refractivity contribution >= 4 is 39.7 Å². The van der Waals surface area contributed by atoms with Crippen LogP contribution in [-0.4, -0.2) is 71.8 Å². The second kappa shape index (κ2) is 18.3. The number of hydrogen-bond acceptors (Lipinski definition) is 7. The van der Waals surface area contributed by atoms with E-state index in [1.807, 2.05) is 103 Å². The Bertz CT molecular complexity index is 1340. The van der Waals surface area contributed by atoms with Crippen LogP contribution in [-0.2, 0) is 32.1 Å². The van der Waals surface area contributed by atoms with Crippen LogP contribution in [0.15, 0.2) is 59.1 Å². The average Bonchev–Trinajstić information content (AvgIpc) is 3.01. The van der Waals surface area contributed by atoms with Gasteiger partial charge in [-0.1, -0.05) is 107 Å². The second-order valence-electron chi connectivity index (χ2n) is 14.3. The Morgan fingerprint density at radius 3 is 1.98 bits per heavy atom. The first kappa shape index (κ1) is 40.7. The predicted molar refractivity (Wildman–Crippen MR) is 190 cm³/mol. The number of halogens is 1. The number of methoxy groups -OCH3 is 1. The van der Waals surface area contributed by atoms with Crippen molar-refractivity contribution in [1.29, 1.82) is 0 Å². The van der Waals surface area contributed by atoms with Gasteiger partial charge in [0.05, 0.1) is 7.11 Å². The maximum absolute atomic E-state index is 13.9. The van der Waals surface area contributed by atoms with Crippen LogP contribution in [0.25, 0.3) is 0 Å². The summed E-state index contributed by atoms with van der Waals surface area (Å²) in [5.74, 6) is -1.39. The Morgan fingerprint density at radius 2 is 1.44 bits per heavy atom. The van der Waals surface area contributed by atoms with Crippen LogP contribution in [0.1, 0.15) is 78.9 Å². The molecule has 2 rings (SSSR count). The molecule has 0 saturated carbocycles. The van der Waals surface area contributed by atoms with Crippen molar-refractivity contribution in [1.82, 2.24) is 26.4 Å². The summed E-state index contributed by atoms with van der Waals surface area (Å²) in [6, 6.07) is 15.1. The van der Waals surface area contributed by atoms with E-state index in [9.17, 15) is 24.3 Å². The second-order valence-corrected chi connectivity index (χ2v) is 15.2. The molecule has 0 radical (unpaired) electrons. The number of carbonyl (C=O) groups is 4. The molecule has 3 atom stereocenters. The van der Waals surface area contributed by atoms with Crippen molar-refractivity contribution in [2.75, 3.05) is 20.2 Å². The Hall–Kier alpha value is -3.48. The van der Waals surface area contributed by atoms with Crippen molar-refractivity contribution < 1.29 is 29.0 Å². The van der Waals surface area contributed by atoms with Gasteiger partial charge in [0.25, 0.3) is 11.8 Å². The standard InChI is InChI=1S/C36H54BrN5O6/c1-9-21-38-30(43)28(34(2,3)4)39-32(45)36(47,23-25-14-11-10-12-15-25)20-13-22-42(24-26-16-18-27(37)19-17-26)41-31(44)29(35(5,6)7)40-33(46)48-8/h10-12,14-19,28-29,47H,9,13,20-24H2,1-8H3,(H,38,43)(H,39,45)(H,40,46)(H,41,44)/t28-,29-,36-/m1/s1. The monoisotopic (exact) mass is 731 g/mol. The molecule has 0 bridgehead atoms. The van der Waals surface area contributed by atoms with E-state index in [2.05, 4.69) is 37.3 Å². The molecule has 4 amide bonds. The van der Waals surface area contributed by atoms with Gasteiger partial charge < -0.3 is 25.8 Å². The lowest BCUT2D eigenvalue weighted by atomic mass is 9.84. The summed E-state index contributed by atoms with van der Waals surface area (Å²) in [5, 5.41) is 22.1. The van der Waals surface area contributed by atoms with Crippen molar-refractivity contribution in [3.05, 3.63) is 70.2 Å². The number of carbonyl (C=O) groups excluding carboxylic acids is 4. The van der Waals surface area contributed by atoms with Crippen LogP contribution >= 0.6 is 15.9 Å². The molecule has 5 N–H and O–H groups in total. The molecular formula is C36H54BrN5O6. The molecule has 0 aromatic heterocycles. The van der Waals surface area contributed by atoms with Crippen LogP contribution in [0, 0.1) is 10.8 Å². The predicted octanol–water partition coefficient (Wildman–Crippen LogP) is 4.86. The van der Waals surface area contributed by atoms with Crippen LogP contribution in [0.5, 0.6) is 0 Å². The van der Waals surface area contributed by atoms with Gasteiger partial charge in [-0.2, -0.15) is 0 Å². The molecule has 11 nitrogen and oxygen atoms in total. The quantitative estimate of drug-likeness (QED) is 0.155. The third-order valence-corrected chi connectivity index (χ3v) is 8.39. The topological polar surface area (TPSA) is 149 Å². The van der Waals surface area contributed by atoms with Gasteiger partial charge in [0.1, 0.15) is 17.7 Å². The number of benzene rings is 2. The number of alkyl carbamates (subject to hydrolysis) is 1. The van der Waals surface area contributed by atoms with E-state index in [0.717, 1.165) is 22.0 Å². The first-order valence-corrected chi connectivity index (χ1v) is 17.2. The molecule has 0 aliphatic rings. The van der Waals surface area contributed by atoms with Crippen molar-refractivity contribution in [3.8, 4) is 0 Å². The number of nitrogens with zero attached hydrogens (tertiary/aromatic N) is 1. The van der Waals surface area contributed by atoms with E-state index in [4.69, 9.17) is 4.74 Å². The molecule has 266 valence electrons. The lowest BCUT2D eigenvalue weighted by Crippen LogP contribution is -2.59. The molecular weight excluding hydrogens is 678 g/mol. The molecule has 0 aliphatic heterocycles. The van der Waals surface area contributed by atoms with Gasteiger partial charge in [-0.15, -0.1) is 0 Å². The van der Waals surface area contributed by atoms with Gasteiger partial charge in [-0.05, 0) is 53.4 Å². The highest BCUT2D eigenvalue weighted by molar-refractivity contribution is 9.10. The van der Waals surface area contributed by atoms with Gasteiger partial charge in [0.15, 0.2) is 0 Å². The summed E-state index contributed by atoms with van der Waals surface area (Å²) < 4.78 is 5.66. The Labute approximate surface area is 294 Å².